The van der Waals surface area contributed by atoms with Crippen LogP contribution in [0, 0.1) is 11.3 Å². The van der Waals surface area contributed by atoms with E-state index in [4.69, 9.17) is 5.26 Å². The second kappa shape index (κ2) is 4.26. The summed E-state index contributed by atoms with van der Waals surface area (Å²) in [5.41, 5.74) is 0.446. The molecule has 0 unspecified atom stereocenters. The summed E-state index contributed by atoms with van der Waals surface area (Å²) in [6.45, 7) is 3.11. The van der Waals surface area contributed by atoms with Crippen LogP contribution in [-0.4, -0.2) is 22.6 Å². The molecule has 0 N–H and O–H groups in total. The van der Waals surface area contributed by atoms with Crippen LogP contribution in [0.2, 0.25) is 0 Å². The molecule has 1 aliphatic carbocycles. The molecular weight excluding hydrogens is 188 g/mol. The molecule has 0 bridgehead atoms. The van der Waals surface area contributed by atoms with Crippen molar-refractivity contribution >= 4 is 5.95 Å². The standard InChI is InChI=1S/C11H14N4/c1-2-7-15(10-3-4-10)11-13-6-5-9(8-12)14-11/h5-6,10H,2-4,7H2,1H3. The van der Waals surface area contributed by atoms with Crippen LogP contribution in [-0.2, 0) is 0 Å². The summed E-state index contributed by atoms with van der Waals surface area (Å²) < 4.78 is 0. The first-order valence-electron chi connectivity index (χ1n) is 5.35. The fourth-order valence-electron chi connectivity index (χ4n) is 1.62. The molecule has 1 saturated carbocycles. The molecule has 1 aliphatic rings. The molecule has 0 aromatic carbocycles. The Balaban J connectivity index is 2.21. The minimum atomic E-state index is 0.446. The molecule has 78 valence electrons. The number of hydrogen-bond acceptors (Lipinski definition) is 4. The van der Waals surface area contributed by atoms with Gasteiger partial charge in [0.1, 0.15) is 11.8 Å². The molecular formula is C11H14N4. The van der Waals surface area contributed by atoms with Gasteiger partial charge in [-0.1, -0.05) is 6.92 Å². The lowest BCUT2D eigenvalue weighted by atomic mass is 10.4. The molecule has 1 aromatic heterocycles. The Morgan fingerprint density at radius 3 is 3.00 bits per heavy atom. The number of hydrogen-bond donors (Lipinski definition) is 0. The molecule has 0 radical (unpaired) electrons. The van der Waals surface area contributed by atoms with E-state index in [1.807, 2.05) is 6.07 Å². The van der Waals surface area contributed by atoms with Gasteiger partial charge in [-0.15, -0.1) is 0 Å². The first kappa shape index (κ1) is 9.91. The smallest absolute Gasteiger partial charge is 0.226 e. The van der Waals surface area contributed by atoms with Crippen LogP contribution in [0.25, 0.3) is 0 Å². The average Bonchev–Trinajstić information content (AvgIpc) is 3.10. The number of anilines is 1. The summed E-state index contributed by atoms with van der Waals surface area (Å²) in [5.74, 6) is 0.707. The van der Waals surface area contributed by atoms with E-state index in [1.54, 1.807) is 12.3 Å². The van der Waals surface area contributed by atoms with Gasteiger partial charge in [0.15, 0.2) is 0 Å². The highest BCUT2D eigenvalue weighted by molar-refractivity contribution is 5.36. The van der Waals surface area contributed by atoms with Crippen molar-refractivity contribution in [3.05, 3.63) is 18.0 Å². The minimum Gasteiger partial charge on any atom is -0.338 e. The Hall–Kier alpha value is -1.63. The van der Waals surface area contributed by atoms with Crippen molar-refractivity contribution in [3.63, 3.8) is 0 Å². The number of nitrogens with zero attached hydrogens (tertiary/aromatic N) is 4. The van der Waals surface area contributed by atoms with Crippen molar-refractivity contribution in [2.75, 3.05) is 11.4 Å². The molecule has 0 saturated heterocycles. The minimum absolute atomic E-state index is 0.446. The molecule has 0 spiro atoms. The van der Waals surface area contributed by atoms with Gasteiger partial charge in [-0.2, -0.15) is 5.26 Å². The fraction of sp³-hybridized carbons (Fsp3) is 0.545. The van der Waals surface area contributed by atoms with Crippen LogP contribution >= 0.6 is 0 Å². The van der Waals surface area contributed by atoms with Gasteiger partial charge in [-0.25, -0.2) is 9.97 Å². The van der Waals surface area contributed by atoms with Crippen molar-refractivity contribution in [3.8, 4) is 6.07 Å². The highest BCUT2D eigenvalue weighted by Gasteiger charge is 2.30. The lowest BCUT2D eigenvalue weighted by molar-refractivity contribution is 0.734. The molecule has 1 aromatic rings. The summed E-state index contributed by atoms with van der Waals surface area (Å²) >= 11 is 0. The van der Waals surface area contributed by atoms with Crippen LogP contribution in [0.15, 0.2) is 12.3 Å². The maximum Gasteiger partial charge on any atom is 0.226 e. The highest BCUT2D eigenvalue weighted by Crippen LogP contribution is 2.29. The first-order chi connectivity index (χ1) is 7.35. The van der Waals surface area contributed by atoms with E-state index in [9.17, 15) is 0 Å². The Kier molecular flexibility index (Phi) is 2.82. The molecule has 0 aliphatic heterocycles. The summed E-state index contributed by atoms with van der Waals surface area (Å²) in [7, 11) is 0. The highest BCUT2D eigenvalue weighted by atomic mass is 15.3. The predicted octanol–water partition coefficient (Wildman–Crippen LogP) is 1.73. The van der Waals surface area contributed by atoms with Crippen LogP contribution < -0.4 is 4.90 Å². The molecule has 0 amide bonds. The largest absolute Gasteiger partial charge is 0.338 e. The van der Waals surface area contributed by atoms with E-state index in [1.165, 1.54) is 12.8 Å². The third kappa shape index (κ3) is 2.24. The Bertz CT molecular complexity index is 378. The van der Waals surface area contributed by atoms with Gasteiger partial charge in [-0.3, -0.25) is 0 Å². The number of aromatic nitrogens is 2. The van der Waals surface area contributed by atoms with Crippen molar-refractivity contribution in [2.24, 2.45) is 0 Å². The van der Waals surface area contributed by atoms with Crippen LogP contribution in [0.3, 0.4) is 0 Å². The second-order valence-corrected chi connectivity index (χ2v) is 3.78. The zero-order valence-corrected chi connectivity index (χ0v) is 8.85. The normalized spacial score (nSPS) is 14.7. The fourth-order valence-corrected chi connectivity index (χ4v) is 1.62. The summed E-state index contributed by atoms with van der Waals surface area (Å²) in [6.07, 6.45) is 5.18. The predicted molar refractivity (Wildman–Crippen MR) is 57.4 cm³/mol. The van der Waals surface area contributed by atoms with Gasteiger partial charge < -0.3 is 4.90 Å². The van der Waals surface area contributed by atoms with Crippen molar-refractivity contribution < 1.29 is 0 Å². The topological polar surface area (TPSA) is 52.8 Å². The zero-order chi connectivity index (χ0) is 10.7. The zero-order valence-electron chi connectivity index (χ0n) is 8.85. The summed E-state index contributed by atoms with van der Waals surface area (Å²) in [6, 6.07) is 4.28. The van der Waals surface area contributed by atoms with Gasteiger partial charge in [0.2, 0.25) is 5.95 Å². The molecule has 4 nitrogen and oxygen atoms in total. The van der Waals surface area contributed by atoms with Gasteiger partial charge in [0, 0.05) is 18.8 Å². The molecule has 4 heteroatoms. The Morgan fingerprint density at radius 2 is 2.40 bits per heavy atom. The van der Waals surface area contributed by atoms with E-state index >= 15 is 0 Å². The van der Waals surface area contributed by atoms with Crippen molar-refractivity contribution in [2.45, 2.75) is 32.2 Å². The maximum absolute atomic E-state index is 8.77. The lowest BCUT2D eigenvalue weighted by Gasteiger charge is -2.21. The Morgan fingerprint density at radius 1 is 1.60 bits per heavy atom. The average molecular weight is 202 g/mol. The maximum atomic E-state index is 8.77. The van der Waals surface area contributed by atoms with Crippen molar-refractivity contribution in [1.82, 2.24) is 9.97 Å². The molecule has 15 heavy (non-hydrogen) atoms. The van der Waals surface area contributed by atoms with Gasteiger partial charge >= 0.3 is 0 Å². The summed E-state index contributed by atoms with van der Waals surface area (Å²) in [5, 5.41) is 8.77. The van der Waals surface area contributed by atoms with E-state index < -0.39 is 0 Å². The van der Waals surface area contributed by atoms with Gasteiger partial charge in [-0.05, 0) is 25.3 Å². The van der Waals surface area contributed by atoms with Gasteiger partial charge in [0.25, 0.3) is 0 Å². The van der Waals surface area contributed by atoms with Crippen molar-refractivity contribution in [1.29, 1.82) is 5.26 Å². The van der Waals surface area contributed by atoms with Crippen LogP contribution in [0.1, 0.15) is 31.9 Å². The first-order valence-corrected chi connectivity index (χ1v) is 5.35. The lowest BCUT2D eigenvalue weighted by Crippen LogP contribution is -2.28. The second-order valence-electron chi connectivity index (χ2n) is 3.78. The Labute approximate surface area is 89.6 Å². The van der Waals surface area contributed by atoms with Gasteiger partial charge in [0.05, 0.1) is 0 Å². The van der Waals surface area contributed by atoms with Crippen LogP contribution in [0.4, 0.5) is 5.95 Å². The monoisotopic (exact) mass is 202 g/mol. The van der Waals surface area contributed by atoms with E-state index in [0.717, 1.165) is 13.0 Å². The van der Waals surface area contributed by atoms with E-state index in [0.29, 0.717) is 17.7 Å². The quantitative estimate of drug-likeness (QED) is 0.746. The van der Waals surface area contributed by atoms with E-state index in [2.05, 4.69) is 21.8 Å². The van der Waals surface area contributed by atoms with Crippen LogP contribution in [0.5, 0.6) is 0 Å². The number of rotatable bonds is 4. The van der Waals surface area contributed by atoms with E-state index in [-0.39, 0.29) is 0 Å². The molecule has 1 heterocycles. The molecule has 1 fully saturated rings. The SMILES string of the molecule is CCCN(c1nccc(C#N)n1)C1CC1. The third-order valence-electron chi connectivity index (χ3n) is 2.47. The molecule has 0 atom stereocenters. The number of nitriles is 1. The molecule has 2 rings (SSSR count). The third-order valence-corrected chi connectivity index (χ3v) is 2.47. The summed E-state index contributed by atoms with van der Waals surface area (Å²) in [4.78, 5) is 10.7.